The summed E-state index contributed by atoms with van der Waals surface area (Å²) in [5.41, 5.74) is 4.83. The smallest absolute Gasteiger partial charge is 0.131 e. The Kier molecular flexibility index (Phi) is 6.73. The van der Waals surface area contributed by atoms with Crippen molar-refractivity contribution in [1.29, 1.82) is 0 Å². The van der Waals surface area contributed by atoms with E-state index >= 15 is 0 Å². The minimum absolute atomic E-state index is 0.837. The van der Waals surface area contributed by atoms with E-state index in [0.29, 0.717) is 0 Å². The van der Waals surface area contributed by atoms with Crippen LogP contribution in [0.1, 0.15) is 17.7 Å². The molecule has 0 radical (unpaired) electrons. The van der Waals surface area contributed by atoms with Gasteiger partial charge in [-0.3, -0.25) is 0 Å². The highest BCUT2D eigenvalue weighted by molar-refractivity contribution is 5.86. The first-order valence-electron chi connectivity index (χ1n) is 11.8. The number of hydrogen-bond acceptors (Lipinski definition) is 4. The van der Waals surface area contributed by atoms with Crippen LogP contribution in [0.25, 0.3) is 21.8 Å². The second kappa shape index (κ2) is 10.4. The van der Waals surface area contributed by atoms with Crippen LogP contribution in [-0.2, 0) is 13.1 Å². The van der Waals surface area contributed by atoms with Gasteiger partial charge in [0.15, 0.2) is 0 Å². The van der Waals surface area contributed by atoms with Crippen LogP contribution in [0.4, 0.5) is 5.82 Å². The summed E-state index contributed by atoms with van der Waals surface area (Å²) >= 11 is 0. The lowest BCUT2D eigenvalue weighted by Gasteiger charge is -2.13. The molecule has 5 heteroatoms. The maximum Gasteiger partial charge on any atom is 0.131 e. The summed E-state index contributed by atoms with van der Waals surface area (Å²) in [6, 6.07) is 31.6. The normalized spacial score (nSPS) is 11.2. The van der Waals surface area contributed by atoms with Crippen molar-refractivity contribution >= 4 is 27.6 Å². The average Bonchev–Trinajstić information content (AvgIpc) is 3.23. The lowest BCUT2D eigenvalue weighted by atomic mass is 10.2. The average molecular weight is 451 g/mol. The van der Waals surface area contributed by atoms with E-state index in [-0.39, 0.29) is 0 Å². The van der Waals surface area contributed by atoms with Gasteiger partial charge in [0.05, 0.1) is 12.6 Å². The lowest BCUT2D eigenvalue weighted by Crippen LogP contribution is -2.20. The first-order chi connectivity index (χ1) is 16.8. The van der Waals surface area contributed by atoms with Crippen molar-refractivity contribution in [3.8, 4) is 5.75 Å². The summed E-state index contributed by atoms with van der Waals surface area (Å²) in [6.45, 7) is 3.48. The molecule has 0 spiro atoms. The number of methoxy groups -OCH3 is 1. The number of fused-ring (bicyclic) bond motifs is 2. The molecule has 34 heavy (non-hydrogen) atoms. The highest BCUT2D eigenvalue weighted by Crippen LogP contribution is 2.27. The van der Waals surface area contributed by atoms with E-state index in [0.717, 1.165) is 55.1 Å². The zero-order valence-corrected chi connectivity index (χ0v) is 19.5. The predicted octanol–water partition coefficient (Wildman–Crippen LogP) is 5.84. The van der Waals surface area contributed by atoms with Gasteiger partial charge in [-0.1, -0.05) is 60.7 Å². The molecule has 172 valence electrons. The number of benzene rings is 3. The molecule has 5 nitrogen and oxygen atoms in total. The molecular formula is C29H30N4O. The summed E-state index contributed by atoms with van der Waals surface area (Å²) < 4.78 is 7.96. The highest BCUT2D eigenvalue weighted by Gasteiger charge is 2.09. The highest BCUT2D eigenvalue weighted by atomic mass is 16.5. The fourth-order valence-electron chi connectivity index (χ4n) is 4.42. The largest absolute Gasteiger partial charge is 0.496 e. The number of anilines is 1. The van der Waals surface area contributed by atoms with Crippen molar-refractivity contribution in [2.75, 3.05) is 25.5 Å². The van der Waals surface area contributed by atoms with Crippen molar-refractivity contribution in [2.24, 2.45) is 0 Å². The summed E-state index contributed by atoms with van der Waals surface area (Å²) in [6.07, 6.45) is 0.996. The molecule has 0 aliphatic rings. The minimum atomic E-state index is 0.837. The van der Waals surface area contributed by atoms with Crippen LogP contribution < -0.4 is 15.4 Å². The molecule has 5 rings (SSSR count). The Morgan fingerprint density at radius 1 is 0.853 bits per heavy atom. The van der Waals surface area contributed by atoms with Crippen LogP contribution in [0.3, 0.4) is 0 Å². The van der Waals surface area contributed by atoms with E-state index in [1.165, 1.54) is 22.2 Å². The van der Waals surface area contributed by atoms with E-state index in [1.807, 2.05) is 30.3 Å². The van der Waals surface area contributed by atoms with Gasteiger partial charge in [-0.15, -0.1) is 0 Å². The van der Waals surface area contributed by atoms with Crippen LogP contribution in [-0.4, -0.2) is 29.8 Å². The molecule has 2 heterocycles. The van der Waals surface area contributed by atoms with Crippen molar-refractivity contribution in [1.82, 2.24) is 14.9 Å². The van der Waals surface area contributed by atoms with E-state index in [4.69, 9.17) is 9.72 Å². The van der Waals surface area contributed by atoms with Gasteiger partial charge < -0.3 is 19.9 Å². The topological polar surface area (TPSA) is 51.1 Å². The molecule has 2 N–H and O–H groups in total. The van der Waals surface area contributed by atoms with Crippen LogP contribution in [0, 0.1) is 0 Å². The second-order valence-corrected chi connectivity index (χ2v) is 8.45. The molecule has 3 aromatic carbocycles. The number of ether oxygens (including phenoxy) is 1. The molecule has 0 saturated heterocycles. The molecule has 2 aromatic heterocycles. The van der Waals surface area contributed by atoms with E-state index in [9.17, 15) is 0 Å². The van der Waals surface area contributed by atoms with Crippen LogP contribution in [0.15, 0.2) is 91.0 Å². The third-order valence-electron chi connectivity index (χ3n) is 6.12. The van der Waals surface area contributed by atoms with Gasteiger partial charge in [0.2, 0.25) is 0 Å². The zero-order valence-electron chi connectivity index (χ0n) is 19.5. The zero-order chi connectivity index (χ0) is 23.2. The molecule has 0 amide bonds. The van der Waals surface area contributed by atoms with Crippen molar-refractivity contribution < 1.29 is 4.74 Å². The van der Waals surface area contributed by atoms with Crippen molar-refractivity contribution in [2.45, 2.75) is 19.5 Å². The summed E-state index contributed by atoms with van der Waals surface area (Å²) in [4.78, 5) is 4.71. The third kappa shape index (κ3) is 4.90. The number of hydrogen-bond donors (Lipinski definition) is 2. The van der Waals surface area contributed by atoms with E-state index in [2.05, 4.69) is 75.9 Å². The Morgan fingerprint density at radius 2 is 1.65 bits per heavy atom. The van der Waals surface area contributed by atoms with Crippen molar-refractivity contribution in [3.63, 3.8) is 0 Å². The molecule has 0 aliphatic heterocycles. The van der Waals surface area contributed by atoms with Gasteiger partial charge in [-0.05, 0) is 48.2 Å². The summed E-state index contributed by atoms with van der Waals surface area (Å²) in [5, 5.41) is 9.38. The molecule has 0 unspecified atom stereocenters. The molecule has 0 saturated carbocycles. The molecular weight excluding hydrogens is 420 g/mol. The Morgan fingerprint density at radius 3 is 2.53 bits per heavy atom. The number of nitrogens with zero attached hydrogens (tertiary/aromatic N) is 2. The Bertz CT molecular complexity index is 1380. The van der Waals surface area contributed by atoms with Gasteiger partial charge >= 0.3 is 0 Å². The standard InChI is InChI=1S/C29H30N4O/c1-34-28-19-29(32-26-14-7-6-13-25(26)28)31-17-9-16-30-20-24-18-23-12-5-8-15-27(23)33(24)21-22-10-3-2-4-11-22/h2-8,10-15,18-19,30H,9,16-17,20-21H2,1H3,(H,31,32). The Hall–Kier alpha value is -3.83. The van der Waals surface area contributed by atoms with Gasteiger partial charge in [-0.2, -0.15) is 0 Å². The quantitative estimate of drug-likeness (QED) is 0.263. The molecule has 0 aliphatic carbocycles. The van der Waals surface area contributed by atoms with E-state index < -0.39 is 0 Å². The molecule has 0 bridgehead atoms. The fraction of sp³-hybridized carbons (Fsp3) is 0.207. The first-order valence-corrected chi connectivity index (χ1v) is 11.8. The number of aromatic nitrogens is 2. The number of nitrogens with one attached hydrogen (secondary N) is 2. The third-order valence-corrected chi connectivity index (χ3v) is 6.12. The Labute approximate surface area is 200 Å². The summed E-state index contributed by atoms with van der Waals surface area (Å²) in [7, 11) is 1.70. The fourth-order valence-corrected chi connectivity index (χ4v) is 4.42. The molecule has 5 aromatic rings. The van der Waals surface area contributed by atoms with Gasteiger partial charge in [0.25, 0.3) is 0 Å². The number of rotatable bonds is 10. The van der Waals surface area contributed by atoms with Crippen LogP contribution in [0.2, 0.25) is 0 Å². The monoisotopic (exact) mass is 450 g/mol. The van der Waals surface area contributed by atoms with E-state index in [1.54, 1.807) is 7.11 Å². The number of para-hydroxylation sites is 2. The number of pyridine rings is 1. The minimum Gasteiger partial charge on any atom is -0.496 e. The van der Waals surface area contributed by atoms with Crippen LogP contribution in [0.5, 0.6) is 5.75 Å². The second-order valence-electron chi connectivity index (χ2n) is 8.45. The molecule has 0 atom stereocenters. The van der Waals surface area contributed by atoms with Gasteiger partial charge in [0.1, 0.15) is 11.6 Å². The molecule has 0 fully saturated rings. The SMILES string of the molecule is COc1cc(NCCCNCc2cc3ccccc3n2Cc2ccccc2)nc2ccccc12. The predicted molar refractivity (Wildman–Crippen MR) is 141 cm³/mol. The lowest BCUT2D eigenvalue weighted by molar-refractivity contribution is 0.419. The first kappa shape index (κ1) is 22.0. The summed E-state index contributed by atoms with van der Waals surface area (Å²) in [5.74, 6) is 1.69. The van der Waals surface area contributed by atoms with Crippen molar-refractivity contribution in [3.05, 3.63) is 102 Å². The van der Waals surface area contributed by atoms with Crippen LogP contribution >= 0.6 is 0 Å². The maximum atomic E-state index is 5.55. The maximum absolute atomic E-state index is 5.55. The Balaban J connectivity index is 1.18. The van der Waals surface area contributed by atoms with Gasteiger partial charge in [-0.25, -0.2) is 4.98 Å². The van der Waals surface area contributed by atoms with Gasteiger partial charge in [0, 0.05) is 42.3 Å².